The molecule has 1 aliphatic carbocycles. The van der Waals surface area contributed by atoms with E-state index in [0.717, 1.165) is 0 Å². The van der Waals surface area contributed by atoms with Crippen LogP contribution >= 0.6 is 15.9 Å². The highest BCUT2D eigenvalue weighted by atomic mass is 79.9. The summed E-state index contributed by atoms with van der Waals surface area (Å²) in [6, 6.07) is 7.25. The first-order chi connectivity index (χ1) is 6.18. The molecule has 1 nitrogen and oxygen atoms in total. The van der Waals surface area contributed by atoms with Gasteiger partial charge in [-0.1, -0.05) is 22.0 Å². The van der Waals surface area contributed by atoms with Gasteiger partial charge >= 0.3 is 0 Å². The zero-order chi connectivity index (χ0) is 9.42. The van der Waals surface area contributed by atoms with Crippen LogP contribution in [0.1, 0.15) is 23.6 Å². The van der Waals surface area contributed by atoms with Crippen LogP contribution in [0, 0.1) is 0 Å². The average molecular weight is 240 g/mol. The maximum absolute atomic E-state index is 3.52. The Balaban J connectivity index is 2.40. The van der Waals surface area contributed by atoms with Gasteiger partial charge < -0.3 is 4.90 Å². The topological polar surface area (TPSA) is 3.24 Å². The van der Waals surface area contributed by atoms with Gasteiger partial charge in [-0.15, -0.1) is 0 Å². The Morgan fingerprint density at radius 3 is 2.85 bits per heavy atom. The van der Waals surface area contributed by atoms with Crippen molar-refractivity contribution in [3.63, 3.8) is 0 Å². The lowest BCUT2D eigenvalue weighted by molar-refractivity contribution is 0.299. The summed E-state index contributed by atoms with van der Waals surface area (Å²) in [5, 5.41) is 0. The summed E-state index contributed by atoms with van der Waals surface area (Å²) in [4.78, 5) is 2.30. The molecule has 0 radical (unpaired) electrons. The largest absolute Gasteiger partial charge is 0.302 e. The van der Waals surface area contributed by atoms with Crippen molar-refractivity contribution in [3.05, 3.63) is 33.8 Å². The summed E-state index contributed by atoms with van der Waals surface area (Å²) in [6.07, 6.45) is 2.49. The normalized spacial score (nSPS) is 20.8. The maximum Gasteiger partial charge on any atom is 0.0348 e. The van der Waals surface area contributed by atoms with E-state index in [-0.39, 0.29) is 0 Å². The fraction of sp³-hybridized carbons (Fsp3) is 0.455. The van der Waals surface area contributed by atoms with E-state index in [1.807, 2.05) is 0 Å². The SMILES string of the molecule is CN(C)[C@@H]1CCc2ccc(Br)cc21. The molecule has 2 heteroatoms. The van der Waals surface area contributed by atoms with Gasteiger partial charge in [0.05, 0.1) is 0 Å². The highest BCUT2D eigenvalue weighted by Gasteiger charge is 2.23. The number of aryl methyl sites for hydroxylation is 1. The number of halogens is 1. The molecule has 2 rings (SSSR count). The van der Waals surface area contributed by atoms with Crippen LogP contribution in [-0.4, -0.2) is 19.0 Å². The van der Waals surface area contributed by atoms with Gasteiger partial charge in [0.2, 0.25) is 0 Å². The van der Waals surface area contributed by atoms with Gasteiger partial charge in [-0.25, -0.2) is 0 Å². The molecule has 0 heterocycles. The molecule has 70 valence electrons. The Morgan fingerprint density at radius 1 is 1.38 bits per heavy atom. The summed E-state index contributed by atoms with van der Waals surface area (Å²) in [6.45, 7) is 0. The predicted molar refractivity (Wildman–Crippen MR) is 58.9 cm³/mol. The molecule has 0 aromatic heterocycles. The van der Waals surface area contributed by atoms with Gasteiger partial charge in [0.1, 0.15) is 0 Å². The van der Waals surface area contributed by atoms with Crippen LogP contribution in [0.4, 0.5) is 0 Å². The molecule has 0 aliphatic heterocycles. The van der Waals surface area contributed by atoms with E-state index in [1.165, 1.54) is 28.4 Å². The molecular weight excluding hydrogens is 226 g/mol. The third kappa shape index (κ3) is 1.65. The first-order valence-electron chi connectivity index (χ1n) is 4.63. The minimum atomic E-state index is 0.618. The minimum Gasteiger partial charge on any atom is -0.302 e. The number of hydrogen-bond donors (Lipinski definition) is 0. The molecule has 0 bridgehead atoms. The molecule has 1 aliphatic rings. The number of benzene rings is 1. The van der Waals surface area contributed by atoms with Crippen molar-refractivity contribution >= 4 is 15.9 Å². The fourth-order valence-corrected chi connectivity index (χ4v) is 2.47. The molecule has 13 heavy (non-hydrogen) atoms. The number of fused-ring (bicyclic) bond motifs is 1. The Hall–Kier alpha value is -0.340. The Morgan fingerprint density at radius 2 is 2.15 bits per heavy atom. The van der Waals surface area contributed by atoms with Crippen LogP contribution in [-0.2, 0) is 6.42 Å². The van der Waals surface area contributed by atoms with Crippen molar-refractivity contribution < 1.29 is 0 Å². The van der Waals surface area contributed by atoms with E-state index < -0.39 is 0 Å². The van der Waals surface area contributed by atoms with Crippen LogP contribution < -0.4 is 0 Å². The number of hydrogen-bond acceptors (Lipinski definition) is 1. The van der Waals surface area contributed by atoms with E-state index in [2.05, 4.69) is 53.1 Å². The predicted octanol–water partition coefficient (Wildman–Crippen LogP) is 3.00. The van der Waals surface area contributed by atoms with Crippen molar-refractivity contribution in [2.24, 2.45) is 0 Å². The quantitative estimate of drug-likeness (QED) is 0.729. The second-order valence-electron chi connectivity index (χ2n) is 3.86. The molecule has 0 fully saturated rings. The van der Waals surface area contributed by atoms with Crippen LogP contribution in [0.5, 0.6) is 0 Å². The smallest absolute Gasteiger partial charge is 0.0348 e. The van der Waals surface area contributed by atoms with Gasteiger partial charge in [0.25, 0.3) is 0 Å². The van der Waals surface area contributed by atoms with Crippen molar-refractivity contribution in [1.29, 1.82) is 0 Å². The fourth-order valence-electron chi connectivity index (χ4n) is 2.09. The zero-order valence-corrected chi connectivity index (χ0v) is 9.63. The summed E-state index contributed by atoms with van der Waals surface area (Å²) in [5.41, 5.74) is 3.02. The molecule has 0 spiro atoms. The van der Waals surface area contributed by atoms with E-state index in [0.29, 0.717) is 6.04 Å². The molecule has 0 amide bonds. The average Bonchev–Trinajstić information content (AvgIpc) is 2.46. The molecule has 0 N–H and O–H groups in total. The summed E-state index contributed by atoms with van der Waals surface area (Å²) < 4.78 is 1.19. The van der Waals surface area contributed by atoms with E-state index in [9.17, 15) is 0 Å². The summed E-state index contributed by atoms with van der Waals surface area (Å²) in [5.74, 6) is 0. The second-order valence-corrected chi connectivity index (χ2v) is 4.78. The Kier molecular flexibility index (Phi) is 2.43. The van der Waals surface area contributed by atoms with E-state index >= 15 is 0 Å². The van der Waals surface area contributed by atoms with Gasteiger partial charge in [-0.2, -0.15) is 0 Å². The van der Waals surface area contributed by atoms with Crippen molar-refractivity contribution in [1.82, 2.24) is 4.90 Å². The lowest BCUT2D eigenvalue weighted by Gasteiger charge is -2.20. The highest BCUT2D eigenvalue weighted by Crippen LogP contribution is 2.35. The van der Waals surface area contributed by atoms with Gasteiger partial charge in [-0.3, -0.25) is 0 Å². The third-order valence-electron chi connectivity index (χ3n) is 2.78. The summed E-state index contributed by atoms with van der Waals surface area (Å²) >= 11 is 3.52. The van der Waals surface area contributed by atoms with Gasteiger partial charge in [0, 0.05) is 10.5 Å². The molecule has 0 unspecified atom stereocenters. The first kappa shape index (κ1) is 9.22. The monoisotopic (exact) mass is 239 g/mol. The van der Waals surface area contributed by atoms with Gasteiger partial charge in [0.15, 0.2) is 0 Å². The zero-order valence-electron chi connectivity index (χ0n) is 8.05. The van der Waals surface area contributed by atoms with Crippen molar-refractivity contribution in [2.75, 3.05) is 14.1 Å². The lowest BCUT2D eigenvalue weighted by Crippen LogP contribution is -2.17. The van der Waals surface area contributed by atoms with Crippen molar-refractivity contribution in [2.45, 2.75) is 18.9 Å². The van der Waals surface area contributed by atoms with Crippen LogP contribution in [0.25, 0.3) is 0 Å². The van der Waals surface area contributed by atoms with Gasteiger partial charge in [-0.05, 0) is 50.2 Å². The Labute approximate surface area is 87.9 Å². The highest BCUT2D eigenvalue weighted by molar-refractivity contribution is 9.10. The standard InChI is InChI=1S/C11H14BrN/c1-13(2)11-6-4-8-3-5-9(12)7-10(8)11/h3,5,7,11H,4,6H2,1-2H3/t11-/m1/s1. The lowest BCUT2D eigenvalue weighted by atomic mass is 10.1. The minimum absolute atomic E-state index is 0.618. The second kappa shape index (κ2) is 3.43. The molecular formula is C11H14BrN. The van der Waals surface area contributed by atoms with Crippen LogP contribution in [0.15, 0.2) is 22.7 Å². The molecule has 1 aromatic rings. The Bertz CT molecular complexity index is 320. The van der Waals surface area contributed by atoms with E-state index in [4.69, 9.17) is 0 Å². The third-order valence-corrected chi connectivity index (χ3v) is 3.27. The van der Waals surface area contributed by atoms with E-state index in [1.54, 1.807) is 0 Å². The first-order valence-corrected chi connectivity index (χ1v) is 5.42. The summed E-state index contributed by atoms with van der Waals surface area (Å²) in [7, 11) is 4.31. The number of rotatable bonds is 1. The van der Waals surface area contributed by atoms with Crippen LogP contribution in [0.2, 0.25) is 0 Å². The maximum atomic E-state index is 3.52. The van der Waals surface area contributed by atoms with Crippen molar-refractivity contribution in [3.8, 4) is 0 Å². The molecule has 0 saturated heterocycles. The van der Waals surface area contributed by atoms with Crippen LogP contribution in [0.3, 0.4) is 0 Å². The molecule has 1 atom stereocenters. The molecule has 0 saturated carbocycles. The number of nitrogens with zero attached hydrogens (tertiary/aromatic N) is 1. The molecule has 1 aromatic carbocycles.